The summed E-state index contributed by atoms with van der Waals surface area (Å²) in [4.78, 5) is 1.37. The number of hydrogen-bond acceptors (Lipinski definition) is 3. The molecule has 0 fully saturated rings. The van der Waals surface area contributed by atoms with E-state index >= 15 is 0 Å². The maximum atomic E-state index is 6.17. The topological polar surface area (TPSA) is 35.2 Å². The first-order valence-electron chi connectivity index (χ1n) is 5.52. The lowest BCUT2D eigenvalue weighted by Crippen LogP contribution is -2.08. The smallest absolute Gasteiger partial charge is 0.146 e. The minimum Gasteiger partial charge on any atom is -0.455 e. The van der Waals surface area contributed by atoms with Gasteiger partial charge in [-0.2, -0.15) is 0 Å². The molecule has 2 rings (SSSR count). The van der Waals surface area contributed by atoms with Gasteiger partial charge in [-0.1, -0.05) is 36.0 Å². The monoisotopic (exact) mass is 309 g/mol. The average molecular weight is 310 g/mol. The fourth-order valence-corrected chi connectivity index (χ4v) is 2.43. The zero-order valence-electron chi connectivity index (χ0n) is 10.2. The van der Waals surface area contributed by atoms with E-state index in [-0.39, 0.29) is 0 Å². The molecule has 0 aliphatic heterocycles. The van der Waals surface area contributed by atoms with Crippen molar-refractivity contribution in [3.05, 3.63) is 53.1 Å². The van der Waals surface area contributed by atoms with Crippen LogP contribution in [0.2, 0.25) is 5.02 Å². The molecular weight excluding hydrogens is 298 g/mol. The van der Waals surface area contributed by atoms with E-state index in [1.165, 1.54) is 0 Å². The standard InChI is InChI=1S/C14H12ClNOS2/c1-19-13-5-3-2-4-12(13)17-11-7-6-9(14(16)18)8-10(11)15/h2-8H,1H3,(H2,16,18). The Morgan fingerprint density at radius 3 is 2.58 bits per heavy atom. The lowest BCUT2D eigenvalue weighted by atomic mass is 10.2. The molecule has 98 valence electrons. The molecule has 0 aliphatic rings. The Bertz CT molecular complexity index is 616. The Kier molecular flexibility index (Phi) is 4.69. The van der Waals surface area contributed by atoms with E-state index in [0.717, 1.165) is 16.2 Å². The maximum Gasteiger partial charge on any atom is 0.146 e. The van der Waals surface area contributed by atoms with Gasteiger partial charge in [0.25, 0.3) is 0 Å². The molecule has 0 heterocycles. The third kappa shape index (κ3) is 3.41. The van der Waals surface area contributed by atoms with E-state index in [0.29, 0.717) is 15.8 Å². The second kappa shape index (κ2) is 6.28. The molecule has 19 heavy (non-hydrogen) atoms. The molecule has 2 aromatic carbocycles. The molecule has 0 aliphatic carbocycles. The summed E-state index contributed by atoms with van der Waals surface area (Å²) in [6, 6.07) is 13.1. The Hall–Kier alpha value is -1.23. The normalized spacial score (nSPS) is 10.2. The number of nitrogens with two attached hydrogens (primary N) is 1. The molecule has 0 saturated heterocycles. The first-order chi connectivity index (χ1) is 9.11. The first-order valence-corrected chi connectivity index (χ1v) is 7.53. The summed E-state index contributed by atoms with van der Waals surface area (Å²) < 4.78 is 5.83. The van der Waals surface area contributed by atoms with Crippen LogP contribution in [0.1, 0.15) is 5.56 Å². The van der Waals surface area contributed by atoms with Gasteiger partial charge in [-0.3, -0.25) is 0 Å². The van der Waals surface area contributed by atoms with E-state index in [1.807, 2.05) is 30.5 Å². The van der Waals surface area contributed by atoms with Crippen LogP contribution in [0.3, 0.4) is 0 Å². The Morgan fingerprint density at radius 1 is 1.21 bits per heavy atom. The quantitative estimate of drug-likeness (QED) is 0.667. The lowest BCUT2D eigenvalue weighted by molar-refractivity contribution is 0.471. The van der Waals surface area contributed by atoms with Crippen molar-refractivity contribution in [3.63, 3.8) is 0 Å². The SMILES string of the molecule is CSc1ccccc1Oc1ccc(C(N)=S)cc1Cl. The summed E-state index contributed by atoms with van der Waals surface area (Å²) in [5.74, 6) is 1.36. The van der Waals surface area contributed by atoms with E-state index in [2.05, 4.69) is 0 Å². The number of para-hydroxylation sites is 1. The number of ether oxygens (including phenoxy) is 1. The summed E-state index contributed by atoms with van der Waals surface area (Å²) in [5.41, 5.74) is 6.29. The predicted octanol–water partition coefficient (Wildman–Crippen LogP) is 4.49. The Balaban J connectivity index is 2.31. The zero-order valence-corrected chi connectivity index (χ0v) is 12.6. The minimum absolute atomic E-state index is 0.318. The summed E-state index contributed by atoms with van der Waals surface area (Å²) in [6.07, 6.45) is 2.00. The van der Waals surface area contributed by atoms with Gasteiger partial charge in [0.15, 0.2) is 0 Å². The minimum atomic E-state index is 0.318. The van der Waals surface area contributed by atoms with E-state index in [1.54, 1.807) is 30.0 Å². The van der Waals surface area contributed by atoms with Crippen molar-refractivity contribution in [2.24, 2.45) is 5.73 Å². The van der Waals surface area contributed by atoms with Crippen LogP contribution in [-0.4, -0.2) is 11.2 Å². The zero-order chi connectivity index (χ0) is 13.8. The number of thiocarbonyl (C=S) groups is 1. The summed E-state index contributed by atoms with van der Waals surface area (Å²) >= 11 is 12.7. The van der Waals surface area contributed by atoms with Crippen LogP contribution >= 0.6 is 35.6 Å². The van der Waals surface area contributed by atoms with Crippen molar-refractivity contribution in [1.29, 1.82) is 0 Å². The Morgan fingerprint density at radius 2 is 1.95 bits per heavy atom. The predicted molar refractivity (Wildman–Crippen MR) is 85.6 cm³/mol. The summed E-state index contributed by atoms with van der Waals surface area (Å²) in [6.45, 7) is 0. The average Bonchev–Trinajstić information content (AvgIpc) is 2.41. The molecule has 5 heteroatoms. The van der Waals surface area contributed by atoms with Crippen LogP contribution < -0.4 is 10.5 Å². The van der Waals surface area contributed by atoms with Gasteiger partial charge in [0.05, 0.1) is 5.02 Å². The van der Waals surface area contributed by atoms with Gasteiger partial charge in [-0.25, -0.2) is 0 Å². The van der Waals surface area contributed by atoms with E-state index in [4.69, 9.17) is 34.3 Å². The van der Waals surface area contributed by atoms with E-state index < -0.39 is 0 Å². The van der Waals surface area contributed by atoms with Crippen LogP contribution in [-0.2, 0) is 0 Å². The van der Waals surface area contributed by atoms with Crippen molar-refractivity contribution in [3.8, 4) is 11.5 Å². The number of halogens is 1. The fraction of sp³-hybridized carbons (Fsp3) is 0.0714. The maximum absolute atomic E-state index is 6.17. The second-order valence-corrected chi connectivity index (χ2v) is 5.46. The molecule has 0 radical (unpaired) electrons. The highest BCUT2D eigenvalue weighted by molar-refractivity contribution is 7.98. The van der Waals surface area contributed by atoms with Crippen molar-refractivity contribution in [1.82, 2.24) is 0 Å². The summed E-state index contributed by atoms with van der Waals surface area (Å²) in [7, 11) is 0. The molecule has 2 N–H and O–H groups in total. The van der Waals surface area contributed by atoms with Gasteiger partial charge in [0.2, 0.25) is 0 Å². The first kappa shape index (κ1) is 14.2. The largest absolute Gasteiger partial charge is 0.455 e. The summed E-state index contributed by atoms with van der Waals surface area (Å²) in [5, 5.41) is 0.487. The molecule has 0 saturated carbocycles. The van der Waals surface area contributed by atoms with Crippen molar-refractivity contribution >= 4 is 40.6 Å². The number of thioether (sulfide) groups is 1. The number of rotatable bonds is 4. The highest BCUT2D eigenvalue weighted by Crippen LogP contribution is 2.35. The van der Waals surface area contributed by atoms with Crippen molar-refractivity contribution in [2.45, 2.75) is 4.90 Å². The van der Waals surface area contributed by atoms with Crippen LogP contribution in [0.15, 0.2) is 47.4 Å². The van der Waals surface area contributed by atoms with Crippen LogP contribution in [0, 0.1) is 0 Å². The van der Waals surface area contributed by atoms with E-state index in [9.17, 15) is 0 Å². The van der Waals surface area contributed by atoms with Gasteiger partial charge in [0, 0.05) is 10.5 Å². The molecule has 2 nitrogen and oxygen atoms in total. The number of hydrogen-bond donors (Lipinski definition) is 1. The molecule has 0 amide bonds. The molecule has 2 aromatic rings. The van der Waals surface area contributed by atoms with Gasteiger partial charge in [-0.15, -0.1) is 11.8 Å². The van der Waals surface area contributed by atoms with Crippen molar-refractivity contribution < 1.29 is 4.74 Å². The van der Waals surface area contributed by atoms with Gasteiger partial charge < -0.3 is 10.5 Å². The third-order valence-corrected chi connectivity index (χ3v) is 3.81. The highest BCUT2D eigenvalue weighted by Gasteiger charge is 2.08. The number of benzene rings is 2. The van der Waals surface area contributed by atoms with Crippen molar-refractivity contribution in [2.75, 3.05) is 6.26 Å². The van der Waals surface area contributed by atoms with Gasteiger partial charge in [0.1, 0.15) is 16.5 Å². The fourth-order valence-electron chi connectivity index (χ4n) is 1.56. The van der Waals surface area contributed by atoms with Gasteiger partial charge >= 0.3 is 0 Å². The van der Waals surface area contributed by atoms with Crippen LogP contribution in [0.4, 0.5) is 0 Å². The van der Waals surface area contributed by atoms with Crippen LogP contribution in [0.25, 0.3) is 0 Å². The third-order valence-electron chi connectivity index (χ3n) is 2.51. The lowest BCUT2D eigenvalue weighted by Gasteiger charge is -2.11. The second-order valence-electron chi connectivity index (χ2n) is 3.76. The van der Waals surface area contributed by atoms with Crippen LogP contribution in [0.5, 0.6) is 11.5 Å². The molecule has 0 atom stereocenters. The Labute approximate surface area is 126 Å². The van der Waals surface area contributed by atoms with Gasteiger partial charge in [-0.05, 0) is 36.6 Å². The molecule has 0 unspecified atom stereocenters. The molecular formula is C14H12ClNOS2. The molecule has 0 spiro atoms. The molecule has 0 aromatic heterocycles. The highest BCUT2D eigenvalue weighted by atomic mass is 35.5. The molecule has 0 bridgehead atoms.